The fraction of sp³-hybridized carbons (Fsp3) is 0.480. The van der Waals surface area contributed by atoms with Crippen LogP contribution < -0.4 is 10.2 Å². The first kappa shape index (κ1) is 24.5. The lowest BCUT2D eigenvalue weighted by atomic mass is 10.1. The van der Waals surface area contributed by atoms with Gasteiger partial charge >= 0.3 is 6.18 Å². The number of halogens is 3. The zero-order valence-electron chi connectivity index (χ0n) is 19.4. The van der Waals surface area contributed by atoms with Gasteiger partial charge < -0.3 is 15.0 Å². The first-order valence-electron chi connectivity index (χ1n) is 11.7. The van der Waals surface area contributed by atoms with E-state index in [0.29, 0.717) is 38.3 Å². The normalized spacial score (nSPS) is 19.1. The molecule has 1 amide bonds. The molecule has 1 atom stereocenters. The lowest BCUT2D eigenvalue weighted by Crippen LogP contribution is -2.52. The Bertz CT molecular complexity index is 953. The molecule has 2 aromatic carbocycles. The molecule has 184 valence electrons. The number of hydrogen-bond donors (Lipinski definition) is 1. The molecule has 2 saturated heterocycles. The van der Waals surface area contributed by atoms with Crippen molar-refractivity contribution in [2.45, 2.75) is 25.7 Å². The highest BCUT2D eigenvalue weighted by Gasteiger charge is 2.31. The van der Waals surface area contributed by atoms with Gasteiger partial charge in [-0.05, 0) is 42.8 Å². The summed E-state index contributed by atoms with van der Waals surface area (Å²) < 4.78 is 44.3. The van der Waals surface area contributed by atoms with Crippen LogP contribution in [0.3, 0.4) is 0 Å². The number of benzene rings is 2. The van der Waals surface area contributed by atoms with E-state index in [2.05, 4.69) is 20.0 Å². The lowest BCUT2D eigenvalue weighted by Gasteiger charge is -2.37. The summed E-state index contributed by atoms with van der Waals surface area (Å²) in [5, 5.41) is 3.00. The molecule has 34 heavy (non-hydrogen) atoms. The number of nitrogens with zero attached hydrogens (tertiary/aromatic N) is 3. The van der Waals surface area contributed by atoms with Crippen molar-refractivity contribution in [2.75, 3.05) is 62.7 Å². The largest absolute Gasteiger partial charge is 0.416 e. The lowest BCUT2D eigenvalue weighted by molar-refractivity contribution is -0.137. The molecular formula is C25H31F3N4O2. The summed E-state index contributed by atoms with van der Waals surface area (Å²) in [7, 11) is 0. The Morgan fingerprint density at radius 1 is 1.00 bits per heavy atom. The first-order chi connectivity index (χ1) is 16.3. The van der Waals surface area contributed by atoms with Gasteiger partial charge in [-0.3, -0.25) is 14.6 Å². The molecule has 1 N–H and O–H groups in total. The first-order valence-corrected chi connectivity index (χ1v) is 11.7. The van der Waals surface area contributed by atoms with Crippen LogP contribution in [0, 0.1) is 0 Å². The van der Waals surface area contributed by atoms with E-state index >= 15 is 0 Å². The molecule has 2 aromatic rings. The molecule has 6 nitrogen and oxygen atoms in total. The highest BCUT2D eigenvalue weighted by atomic mass is 19.4. The van der Waals surface area contributed by atoms with Crippen LogP contribution >= 0.6 is 0 Å². The summed E-state index contributed by atoms with van der Waals surface area (Å²) in [6.45, 7) is 8.29. The van der Waals surface area contributed by atoms with Crippen LogP contribution in [0.5, 0.6) is 0 Å². The minimum atomic E-state index is -4.33. The number of carbonyl (C=O) groups is 1. The van der Waals surface area contributed by atoms with Gasteiger partial charge in [0, 0.05) is 57.2 Å². The third-order valence-corrected chi connectivity index (χ3v) is 6.51. The molecule has 0 aliphatic carbocycles. The second kappa shape index (κ2) is 10.8. The number of anilines is 2. The van der Waals surface area contributed by atoms with Gasteiger partial charge in [-0.2, -0.15) is 13.2 Å². The number of ether oxygens (including phenoxy) is 1. The van der Waals surface area contributed by atoms with Gasteiger partial charge in [-0.15, -0.1) is 0 Å². The van der Waals surface area contributed by atoms with E-state index in [-0.39, 0.29) is 11.9 Å². The van der Waals surface area contributed by atoms with Crippen molar-refractivity contribution < 1.29 is 22.7 Å². The molecule has 2 aliphatic heterocycles. The monoisotopic (exact) mass is 476 g/mol. The summed E-state index contributed by atoms with van der Waals surface area (Å²) in [5.41, 5.74) is 1.91. The minimum absolute atomic E-state index is 0.0644. The van der Waals surface area contributed by atoms with Crippen LogP contribution in [0.25, 0.3) is 0 Å². The number of alkyl halides is 3. The van der Waals surface area contributed by atoms with Crippen molar-refractivity contribution in [3.05, 3.63) is 59.7 Å². The van der Waals surface area contributed by atoms with Gasteiger partial charge in [-0.25, -0.2) is 0 Å². The van der Waals surface area contributed by atoms with Gasteiger partial charge in [-0.1, -0.05) is 18.2 Å². The summed E-state index contributed by atoms with van der Waals surface area (Å²) >= 11 is 0. The van der Waals surface area contributed by atoms with Crippen LogP contribution in [0.4, 0.5) is 24.5 Å². The highest BCUT2D eigenvalue weighted by molar-refractivity contribution is 5.94. The van der Waals surface area contributed by atoms with Crippen LogP contribution in [0.1, 0.15) is 18.1 Å². The zero-order valence-corrected chi connectivity index (χ0v) is 19.4. The van der Waals surface area contributed by atoms with Gasteiger partial charge in [0.25, 0.3) is 0 Å². The summed E-state index contributed by atoms with van der Waals surface area (Å²) in [6.07, 6.45) is -4.33. The van der Waals surface area contributed by atoms with Gasteiger partial charge in [0.15, 0.2) is 0 Å². The maximum atomic E-state index is 13.0. The average Bonchev–Trinajstić information content (AvgIpc) is 2.85. The highest BCUT2D eigenvalue weighted by Crippen LogP contribution is 2.30. The van der Waals surface area contributed by atoms with E-state index in [1.54, 1.807) is 6.07 Å². The molecule has 0 bridgehead atoms. The van der Waals surface area contributed by atoms with E-state index in [9.17, 15) is 18.0 Å². The minimum Gasteiger partial charge on any atom is -0.378 e. The van der Waals surface area contributed by atoms with Crippen LogP contribution in [-0.4, -0.2) is 74.2 Å². The molecule has 0 aromatic heterocycles. The molecule has 0 radical (unpaired) electrons. The standard InChI is InChI=1S/C25H31F3N4O2/c1-19(24(33)29-22-5-7-23(8-6-22)32-13-15-34-16-14-32)31-11-9-30(10-12-31)18-20-3-2-4-21(17-20)25(26,27)28/h2-8,17,19H,9-16,18H2,1H3,(H,29,33). The number of hydrogen-bond acceptors (Lipinski definition) is 5. The van der Waals surface area contributed by atoms with Gasteiger partial charge in [0.05, 0.1) is 24.8 Å². The van der Waals surface area contributed by atoms with E-state index in [1.807, 2.05) is 31.2 Å². The van der Waals surface area contributed by atoms with E-state index < -0.39 is 11.7 Å². The van der Waals surface area contributed by atoms with E-state index in [0.717, 1.165) is 43.7 Å². The van der Waals surface area contributed by atoms with Crippen molar-refractivity contribution in [1.29, 1.82) is 0 Å². The Labute approximate surface area is 198 Å². The molecule has 9 heteroatoms. The Morgan fingerprint density at radius 3 is 2.32 bits per heavy atom. The molecule has 4 rings (SSSR count). The predicted octanol–water partition coefficient (Wildman–Crippen LogP) is 3.69. The molecule has 0 saturated carbocycles. The molecule has 2 aliphatic rings. The fourth-order valence-corrected chi connectivity index (χ4v) is 4.40. The molecule has 2 heterocycles. The second-order valence-electron chi connectivity index (χ2n) is 8.82. The topological polar surface area (TPSA) is 48.1 Å². The summed E-state index contributed by atoms with van der Waals surface area (Å²) in [5.74, 6) is -0.0644. The number of rotatable bonds is 6. The third-order valence-electron chi connectivity index (χ3n) is 6.51. The average molecular weight is 477 g/mol. The number of amides is 1. The van der Waals surface area contributed by atoms with Crippen molar-refractivity contribution in [3.63, 3.8) is 0 Å². The van der Waals surface area contributed by atoms with Gasteiger partial charge in [0.2, 0.25) is 5.91 Å². The van der Waals surface area contributed by atoms with Crippen LogP contribution in [0.15, 0.2) is 48.5 Å². The molecular weight excluding hydrogens is 445 g/mol. The van der Waals surface area contributed by atoms with Crippen molar-refractivity contribution in [1.82, 2.24) is 9.80 Å². The molecule has 2 fully saturated rings. The quantitative estimate of drug-likeness (QED) is 0.689. The summed E-state index contributed by atoms with van der Waals surface area (Å²) in [4.78, 5) is 19.3. The smallest absolute Gasteiger partial charge is 0.378 e. The number of piperazine rings is 1. The number of carbonyl (C=O) groups excluding carboxylic acids is 1. The van der Waals surface area contributed by atoms with Crippen molar-refractivity contribution >= 4 is 17.3 Å². The molecule has 0 spiro atoms. The SMILES string of the molecule is CC(C(=O)Nc1ccc(N2CCOCC2)cc1)N1CCN(Cc2cccc(C(F)(F)F)c2)CC1. The second-order valence-corrected chi connectivity index (χ2v) is 8.82. The van der Waals surface area contributed by atoms with E-state index in [1.165, 1.54) is 12.1 Å². The Balaban J connectivity index is 1.25. The molecule has 1 unspecified atom stereocenters. The fourth-order valence-electron chi connectivity index (χ4n) is 4.40. The zero-order chi connectivity index (χ0) is 24.1. The van der Waals surface area contributed by atoms with Crippen molar-refractivity contribution in [3.8, 4) is 0 Å². The predicted molar refractivity (Wildman–Crippen MR) is 126 cm³/mol. The van der Waals surface area contributed by atoms with E-state index in [4.69, 9.17) is 4.74 Å². The van der Waals surface area contributed by atoms with Crippen LogP contribution in [-0.2, 0) is 22.3 Å². The van der Waals surface area contributed by atoms with Gasteiger partial charge in [0.1, 0.15) is 0 Å². The Hall–Kier alpha value is -2.62. The number of morpholine rings is 1. The number of nitrogens with one attached hydrogen (secondary N) is 1. The van der Waals surface area contributed by atoms with Crippen molar-refractivity contribution in [2.24, 2.45) is 0 Å². The maximum absolute atomic E-state index is 13.0. The maximum Gasteiger partial charge on any atom is 0.416 e. The Kier molecular flexibility index (Phi) is 7.75. The third kappa shape index (κ3) is 6.28. The Morgan fingerprint density at radius 2 is 1.68 bits per heavy atom. The van der Waals surface area contributed by atoms with Crippen LogP contribution in [0.2, 0.25) is 0 Å². The summed E-state index contributed by atoms with van der Waals surface area (Å²) in [6, 6.07) is 13.1.